The van der Waals surface area contributed by atoms with E-state index in [0.717, 1.165) is 6.42 Å². The summed E-state index contributed by atoms with van der Waals surface area (Å²) in [7, 11) is 0. The molecule has 1 aromatic heterocycles. The standard InChI is InChI=1S/C20H23N5O2/c1-15(2)25-14-18(13-22-25)20(27)24-9-3-8-23(10-11-24)19(26)17-6-4-16(12-21)5-7-17/h4-7,13-15H,3,8-11H2,1-2H3. The number of hydrogen-bond acceptors (Lipinski definition) is 4. The van der Waals surface area contributed by atoms with Gasteiger partial charge in [0.25, 0.3) is 11.8 Å². The smallest absolute Gasteiger partial charge is 0.257 e. The summed E-state index contributed by atoms with van der Waals surface area (Å²) in [4.78, 5) is 29.0. The Morgan fingerprint density at radius 3 is 2.11 bits per heavy atom. The van der Waals surface area contributed by atoms with Gasteiger partial charge >= 0.3 is 0 Å². The number of carbonyl (C=O) groups excluding carboxylic acids is 2. The molecule has 0 unspecified atom stereocenters. The van der Waals surface area contributed by atoms with Crippen molar-refractivity contribution in [1.29, 1.82) is 5.26 Å². The zero-order valence-corrected chi connectivity index (χ0v) is 15.6. The number of rotatable bonds is 3. The van der Waals surface area contributed by atoms with Crippen molar-refractivity contribution in [2.75, 3.05) is 26.2 Å². The summed E-state index contributed by atoms with van der Waals surface area (Å²) in [5, 5.41) is 13.1. The van der Waals surface area contributed by atoms with Crippen molar-refractivity contribution in [2.24, 2.45) is 0 Å². The molecule has 2 aromatic rings. The Morgan fingerprint density at radius 1 is 1.00 bits per heavy atom. The summed E-state index contributed by atoms with van der Waals surface area (Å²) in [6.45, 7) is 6.23. The monoisotopic (exact) mass is 365 g/mol. The van der Waals surface area contributed by atoms with Crippen LogP contribution in [0.25, 0.3) is 0 Å². The Labute approximate surface area is 158 Å². The summed E-state index contributed by atoms with van der Waals surface area (Å²) >= 11 is 0. The van der Waals surface area contributed by atoms with Gasteiger partial charge in [0.1, 0.15) is 0 Å². The summed E-state index contributed by atoms with van der Waals surface area (Å²) in [6, 6.07) is 8.90. The van der Waals surface area contributed by atoms with E-state index >= 15 is 0 Å². The first kappa shape index (κ1) is 18.6. The number of carbonyl (C=O) groups is 2. The maximum Gasteiger partial charge on any atom is 0.257 e. The highest BCUT2D eigenvalue weighted by atomic mass is 16.2. The zero-order valence-electron chi connectivity index (χ0n) is 15.6. The largest absolute Gasteiger partial charge is 0.337 e. The maximum absolute atomic E-state index is 12.7. The summed E-state index contributed by atoms with van der Waals surface area (Å²) in [6.07, 6.45) is 4.11. The molecule has 0 radical (unpaired) electrons. The van der Waals surface area contributed by atoms with Gasteiger partial charge in [0.05, 0.1) is 23.4 Å². The summed E-state index contributed by atoms with van der Waals surface area (Å²) in [5.41, 5.74) is 1.67. The van der Waals surface area contributed by atoms with Crippen LogP contribution in [0.2, 0.25) is 0 Å². The molecule has 7 heteroatoms. The van der Waals surface area contributed by atoms with Crippen molar-refractivity contribution in [1.82, 2.24) is 19.6 Å². The van der Waals surface area contributed by atoms with Crippen molar-refractivity contribution < 1.29 is 9.59 Å². The van der Waals surface area contributed by atoms with Gasteiger partial charge in [-0.25, -0.2) is 0 Å². The molecule has 1 aliphatic heterocycles. The molecule has 1 fully saturated rings. The van der Waals surface area contributed by atoms with Crippen molar-refractivity contribution in [3.05, 3.63) is 53.3 Å². The Kier molecular flexibility index (Phi) is 5.55. The molecule has 1 aromatic carbocycles. The molecule has 2 amide bonds. The third-order valence-corrected chi connectivity index (χ3v) is 4.71. The maximum atomic E-state index is 12.7. The quantitative estimate of drug-likeness (QED) is 0.836. The van der Waals surface area contributed by atoms with E-state index < -0.39 is 0 Å². The SMILES string of the molecule is CC(C)n1cc(C(=O)N2CCCN(C(=O)c3ccc(C#N)cc3)CC2)cn1. The number of benzene rings is 1. The van der Waals surface area contributed by atoms with Crippen LogP contribution in [-0.4, -0.2) is 57.6 Å². The number of nitriles is 1. The zero-order chi connectivity index (χ0) is 19.4. The number of aromatic nitrogens is 2. The van der Waals surface area contributed by atoms with Gasteiger partial charge in [-0.3, -0.25) is 14.3 Å². The highest BCUT2D eigenvalue weighted by molar-refractivity contribution is 5.95. The fourth-order valence-corrected chi connectivity index (χ4v) is 3.11. The molecule has 0 spiro atoms. The fraction of sp³-hybridized carbons (Fsp3) is 0.400. The first-order valence-electron chi connectivity index (χ1n) is 9.12. The van der Waals surface area contributed by atoms with Crippen LogP contribution in [0.5, 0.6) is 0 Å². The minimum atomic E-state index is -0.0681. The van der Waals surface area contributed by atoms with Crippen molar-refractivity contribution in [2.45, 2.75) is 26.3 Å². The van der Waals surface area contributed by atoms with Crippen molar-refractivity contribution in [3.63, 3.8) is 0 Å². The molecule has 2 heterocycles. The molecule has 0 saturated carbocycles. The lowest BCUT2D eigenvalue weighted by molar-refractivity contribution is 0.0718. The van der Waals surface area contributed by atoms with E-state index in [2.05, 4.69) is 5.10 Å². The van der Waals surface area contributed by atoms with Gasteiger partial charge in [0.15, 0.2) is 0 Å². The van der Waals surface area contributed by atoms with E-state index in [1.165, 1.54) is 0 Å². The van der Waals surface area contributed by atoms with Gasteiger partial charge in [-0.05, 0) is 44.5 Å². The first-order valence-corrected chi connectivity index (χ1v) is 9.12. The van der Waals surface area contributed by atoms with Gasteiger partial charge in [-0.2, -0.15) is 10.4 Å². The molecule has 0 atom stereocenters. The predicted molar refractivity (Wildman–Crippen MR) is 100 cm³/mol. The Morgan fingerprint density at radius 2 is 1.59 bits per heavy atom. The van der Waals surface area contributed by atoms with Crippen LogP contribution in [0.1, 0.15) is 52.6 Å². The highest BCUT2D eigenvalue weighted by Gasteiger charge is 2.24. The van der Waals surface area contributed by atoms with Gasteiger partial charge in [-0.1, -0.05) is 0 Å². The molecule has 1 saturated heterocycles. The number of amides is 2. The molecule has 7 nitrogen and oxygen atoms in total. The lowest BCUT2D eigenvalue weighted by atomic mass is 10.1. The predicted octanol–water partition coefficient (Wildman–Crippen LogP) is 2.32. The third kappa shape index (κ3) is 4.17. The average molecular weight is 365 g/mol. The van der Waals surface area contributed by atoms with Crippen LogP contribution in [-0.2, 0) is 0 Å². The van der Waals surface area contributed by atoms with E-state index in [1.807, 2.05) is 19.9 Å². The number of nitrogens with zero attached hydrogens (tertiary/aromatic N) is 5. The second-order valence-corrected chi connectivity index (χ2v) is 6.93. The van der Waals surface area contributed by atoms with E-state index in [-0.39, 0.29) is 17.9 Å². The Hall–Kier alpha value is -3.14. The highest BCUT2D eigenvalue weighted by Crippen LogP contribution is 2.13. The van der Waals surface area contributed by atoms with Crippen LogP contribution in [0.15, 0.2) is 36.7 Å². The lowest BCUT2D eigenvalue weighted by Gasteiger charge is -2.22. The van der Waals surface area contributed by atoms with Crippen LogP contribution in [0, 0.1) is 11.3 Å². The molecule has 0 aliphatic carbocycles. The topological polar surface area (TPSA) is 82.2 Å². The number of hydrogen-bond donors (Lipinski definition) is 0. The average Bonchev–Trinajstić information content (AvgIpc) is 3.06. The Balaban J connectivity index is 1.64. The molecular weight excluding hydrogens is 342 g/mol. The second-order valence-electron chi connectivity index (χ2n) is 6.93. The van der Waals surface area contributed by atoms with Gasteiger partial charge in [-0.15, -0.1) is 0 Å². The van der Waals surface area contributed by atoms with E-state index in [4.69, 9.17) is 5.26 Å². The first-order chi connectivity index (χ1) is 13.0. The lowest BCUT2D eigenvalue weighted by Crippen LogP contribution is -2.37. The summed E-state index contributed by atoms with van der Waals surface area (Å²) in [5.74, 6) is -0.115. The van der Waals surface area contributed by atoms with Gasteiger partial charge in [0, 0.05) is 44.0 Å². The summed E-state index contributed by atoms with van der Waals surface area (Å²) < 4.78 is 1.77. The van der Waals surface area contributed by atoms with Crippen LogP contribution >= 0.6 is 0 Å². The molecule has 0 bridgehead atoms. The third-order valence-electron chi connectivity index (χ3n) is 4.71. The Bertz CT molecular complexity index is 863. The molecule has 1 aliphatic rings. The van der Waals surface area contributed by atoms with E-state index in [9.17, 15) is 9.59 Å². The molecule has 27 heavy (non-hydrogen) atoms. The molecule has 3 rings (SSSR count). The van der Waals surface area contributed by atoms with Crippen LogP contribution in [0.3, 0.4) is 0 Å². The molecular formula is C20H23N5O2. The minimum Gasteiger partial charge on any atom is -0.337 e. The van der Waals surface area contributed by atoms with Crippen molar-refractivity contribution in [3.8, 4) is 6.07 Å². The minimum absolute atomic E-state index is 0.0467. The van der Waals surface area contributed by atoms with E-state index in [1.54, 1.807) is 51.1 Å². The fourth-order valence-electron chi connectivity index (χ4n) is 3.11. The molecule has 140 valence electrons. The van der Waals surface area contributed by atoms with Gasteiger partial charge < -0.3 is 9.80 Å². The van der Waals surface area contributed by atoms with E-state index in [0.29, 0.717) is 42.9 Å². The second kappa shape index (κ2) is 8.04. The van der Waals surface area contributed by atoms with Gasteiger partial charge in [0.2, 0.25) is 0 Å². The van der Waals surface area contributed by atoms with Crippen LogP contribution in [0.4, 0.5) is 0 Å². The normalized spacial score (nSPS) is 14.7. The van der Waals surface area contributed by atoms with Crippen molar-refractivity contribution >= 4 is 11.8 Å². The molecule has 0 N–H and O–H groups in total. The van der Waals surface area contributed by atoms with Crippen LogP contribution < -0.4 is 0 Å².